The number of aryl methyl sites for hydroxylation is 1. The molecule has 23 heavy (non-hydrogen) atoms. The first-order valence-corrected chi connectivity index (χ1v) is 8.29. The summed E-state index contributed by atoms with van der Waals surface area (Å²) >= 11 is 12.1. The molecule has 0 radical (unpaired) electrons. The SMILES string of the molecule is Cc1nccn1Cc1cccc(CNC(=O)[C@@]2(C)CC2(Cl)Cl)c1. The van der Waals surface area contributed by atoms with E-state index in [-0.39, 0.29) is 5.91 Å². The van der Waals surface area contributed by atoms with Crippen molar-refractivity contribution in [2.75, 3.05) is 0 Å². The van der Waals surface area contributed by atoms with E-state index in [4.69, 9.17) is 23.2 Å². The second kappa shape index (κ2) is 5.84. The van der Waals surface area contributed by atoms with Crippen LogP contribution in [0.1, 0.15) is 30.3 Å². The molecular weight excluding hydrogens is 333 g/mol. The fourth-order valence-electron chi connectivity index (χ4n) is 2.63. The van der Waals surface area contributed by atoms with Crippen LogP contribution in [0.2, 0.25) is 0 Å². The van der Waals surface area contributed by atoms with Crippen molar-refractivity contribution in [2.45, 2.75) is 37.7 Å². The van der Waals surface area contributed by atoms with Gasteiger partial charge in [-0.1, -0.05) is 24.3 Å². The monoisotopic (exact) mass is 351 g/mol. The molecule has 4 nitrogen and oxygen atoms in total. The molecule has 0 aliphatic heterocycles. The lowest BCUT2D eigenvalue weighted by molar-refractivity contribution is -0.125. The van der Waals surface area contributed by atoms with Gasteiger partial charge in [-0.15, -0.1) is 23.2 Å². The number of carbonyl (C=O) groups is 1. The first-order valence-electron chi connectivity index (χ1n) is 7.53. The first-order chi connectivity index (χ1) is 10.8. The second-order valence-electron chi connectivity index (χ2n) is 6.32. The number of aromatic nitrogens is 2. The van der Waals surface area contributed by atoms with Crippen LogP contribution in [0.3, 0.4) is 0 Å². The van der Waals surface area contributed by atoms with Gasteiger partial charge in [0.15, 0.2) is 0 Å². The average Bonchev–Trinajstić information content (AvgIpc) is 2.80. The Morgan fingerprint density at radius 2 is 2.09 bits per heavy atom. The van der Waals surface area contributed by atoms with Gasteiger partial charge in [-0.2, -0.15) is 0 Å². The lowest BCUT2D eigenvalue weighted by Crippen LogP contribution is -2.32. The predicted octanol–water partition coefficient (Wildman–Crippen LogP) is 3.44. The van der Waals surface area contributed by atoms with Crippen molar-refractivity contribution in [2.24, 2.45) is 5.41 Å². The lowest BCUT2D eigenvalue weighted by atomic mass is 10.1. The van der Waals surface area contributed by atoms with Crippen LogP contribution in [0.15, 0.2) is 36.7 Å². The zero-order chi connectivity index (χ0) is 16.7. The van der Waals surface area contributed by atoms with Crippen molar-refractivity contribution in [1.82, 2.24) is 14.9 Å². The van der Waals surface area contributed by atoms with Crippen LogP contribution in [0.4, 0.5) is 0 Å². The summed E-state index contributed by atoms with van der Waals surface area (Å²) in [5.41, 5.74) is 1.54. The molecule has 1 aromatic carbocycles. The Balaban J connectivity index is 1.62. The van der Waals surface area contributed by atoms with Gasteiger partial charge in [-0.3, -0.25) is 4.79 Å². The molecular formula is C17H19Cl2N3O. The maximum Gasteiger partial charge on any atom is 0.229 e. The van der Waals surface area contributed by atoms with Gasteiger partial charge in [0.1, 0.15) is 10.2 Å². The van der Waals surface area contributed by atoms with E-state index in [0.29, 0.717) is 13.0 Å². The van der Waals surface area contributed by atoms with Gasteiger partial charge in [0.2, 0.25) is 5.91 Å². The van der Waals surface area contributed by atoms with Crippen molar-refractivity contribution >= 4 is 29.1 Å². The number of nitrogens with zero attached hydrogens (tertiary/aromatic N) is 2. The number of halogens is 2. The minimum absolute atomic E-state index is 0.0987. The molecule has 1 fully saturated rings. The van der Waals surface area contributed by atoms with Crippen molar-refractivity contribution in [3.8, 4) is 0 Å². The van der Waals surface area contributed by atoms with Crippen LogP contribution in [-0.4, -0.2) is 19.8 Å². The molecule has 1 aliphatic rings. The van der Waals surface area contributed by atoms with E-state index in [1.165, 1.54) is 5.56 Å². The number of carbonyl (C=O) groups excluding carboxylic acids is 1. The van der Waals surface area contributed by atoms with Crippen LogP contribution in [-0.2, 0) is 17.9 Å². The summed E-state index contributed by atoms with van der Waals surface area (Å²) in [5.74, 6) is 0.879. The van der Waals surface area contributed by atoms with Gasteiger partial charge in [-0.25, -0.2) is 4.98 Å². The zero-order valence-corrected chi connectivity index (χ0v) is 14.7. The molecule has 1 saturated carbocycles. The number of imidazole rings is 1. The molecule has 0 saturated heterocycles. The summed E-state index contributed by atoms with van der Waals surface area (Å²) in [6.45, 7) is 5.00. The summed E-state index contributed by atoms with van der Waals surface area (Å²) < 4.78 is 1.15. The number of hydrogen-bond acceptors (Lipinski definition) is 2. The summed E-state index contributed by atoms with van der Waals surface area (Å²) in [4.78, 5) is 16.4. The Kier molecular flexibility index (Phi) is 4.15. The normalized spacial score (nSPS) is 21.9. The number of alkyl halides is 2. The highest BCUT2D eigenvalue weighted by molar-refractivity contribution is 6.53. The van der Waals surface area contributed by atoms with Gasteiger partial charge in [0, 0.05) is 25.5 Å². The fourth-order valence-corrected chi connectivity index (χ4v) is 3.34. The number of amides is 1. The number of nitrogens with one attached hydrogen (secondary N) is 1. The van der Waals surface area contributed by atoms with Gasteiger partial charge >= 0.3 is 0 Å². The molecule has 1 heterocycles. The summed E-state index contributed by atoms with van der Waals surface area (Å²) in [6.07, 6.45) is 4.24. The van der Waals surface area contributed by atoms with Gasteiger partial charge in [0.25, 0.3) is 0 Å². The van der Waals surface area contributed by atoms with E-state index in [9.17, 15) is 4.79 Å². The van der Waals surface area contributed by atoms with Gasteiger partial charge in [0.05, 0.1) is 5.41 Å². The third kappa shape index (κ3) is 3.24. The number of hydrogen-bond donors (Lipinski definition) is 1. The largest absolute Gasteiger partial charge is 0.351 e. The molecule has 1 aromatic heterocycles. The highest BCUT2D eigenvalue weighted by Crippen LogP contribution is 2.63. The molecule has 3 rings (SSSR count). The maximum atomic E-state index is 12.2. The van der Waals surface area contributed by atoms with Crippen LogP contribution in [0, 0.1) is 12.3 Å². The third-order valence-electron chi connectivity index (χ3n) is 4.48. The smallest absolute Gasteiger partial charge is 0.229 e. The summed E-state index contributed by atoms with van der Waals surface area (Å²) in [7, 11) is 0. The topological polar surface area (TPSA) is 46.9 Å². The van der Waals surface area contributed by atoms with Crippen LogP contribution in [0.25, 0.3) is 0 Å². The number of rotatable bonds is 5. The highest BCUT2D eigenvalue weighted by Gasteiger charge is 2.67. The number of benzene rings is 1. The quantitative estimate of drug-likeness (QED) is 0.838. The molecule has 2 aromatic rings. The van der Waals surface area contributed by atoms with Crippen molar-refractivity contribution in [3.63, 3.8) is 0 Å². The highest BCUT2D eigenvalue weighted by atomic mass is 35.5. The van der Waals surface area contributed by atoms with Gasteiger partial charge < -0.3 is 9.88 Å². The van der Waals surface area contributed by atoms with E-state index in [2.05, 4.69) is 27.0 Å². The Morgan fingerprint density at radius 1 is 1.39 bits per heavy atom. The average molecular weight is 352 g/mol. The maximum absolute atomic E-state index is 12.2. The third-order valence-corrected chi connectivity index (χ3v) is 5.58. The molecule has 0 bridgehead atoms. The second-order valence-corrected chi connectivity index (χ2v) is 7.80. The molecule has 0 unspecified atom stereocenters. The molecule has 0 spiro atoms. The van der Waals surface area contributed by atoms with Crippen molar-refractivity contribution in [3.05, 3.63) is 53.6 Å². The lowest BCUT2D eigenvalue weighted by Gasteiger charge is -2.13. The molecule has 6 heteroatoms. The minimum atomic E-state index is -0.933. The Labute approximate surface area is 145 Å². The molecule has 1 N–H and O–H groups in total. The van der Waals surface area contributed by atoms with E-state index in [1.807, 2.05) is 25.3 Å². The molecule has 1 aliphatic carbocycles. The Morgan fingerprint density at radius 3 is 2.70 bits per heavy atom. The predicted molar refractivity (Wildman–Crippen MR) is 91.5 cm³/mol. The molecule has 1 atom stereocenters. The fraction of sp³-hybridized carbons (Fsp3) is 0.412. The summed E-state index contributed by atoms with van der Waals surface area (Å²) in [6, 6.07) is 8.14. The Hall–Kier alpha value is -1.52. The van der Waals surface area contributed by atoms with Gasteiger partial charge in [-0.05, 0) is 31.4 Å². The van der Waals surface area contributed by atoms with Crippen molar-refractivity contribution in [1.29, 1.82) is 0 Å². The Bertz CT molecular complexity index is 741. The molecule has 122 valence electrons. The van der Waals surface area contributed by atoms with E-state index in [0.717, 1.165) is 17.9 Å². The van der Waals surface area contributed by atoms with Crippen LogP contribution >= 0.6 is 23.2 Å². The van der Waals surface area contributed by atoms with Crippen LogP contribution < -0.4 is 5.32 Å². The van der Waals surface area contributed by atoms with E-state index >= 15 is 0 Å². The van der Waals surface area contributed by atoms with Crippen LogP contribution in [0.5, 0.6) is 0 Å². The van der Waals surface area contributed by atoms with Crippen molar-refractivity contribution < 1.29 is 4.79 Å². The van der Waals surface area contributed by atoms with E-state index in [1.54, 1.807) is 13.1 Å². The first kappa shape index (κ1) is 16.3. The minimum Gasteiger partial charge on any atom is -0.351 e. The standard InChI is InChI=1S/C17H19Cl2N3O/c1-12-20-6-7-22(12)10-14-5-3-4-13(8-14)9-21-15(23)16(2)11-17(16,18)19/h3-8H,9-11H2,1-2H3,(H,21,23)/t16-/m1/s1. The zero-order valence-electron chi connectivity index (χ0n) is 13.1. The summed E-state index contributed by atoms with van der Waals surface area (Å²) in [5, 5.41) is 2.93. The van der Waals surface area contributed by atoms with E-state index < -0.39 is 9.75 Å². The molecule has 1 amide bonds.